The molecule has 1 heterocycles. The Balaban J connectivity index is 1.33. The van der Waals surface area contributed by atoms with E-state index in [2.05, 4.69) is 74.6 Å². The zero-order valence-electron chi connectivity index (χ0n) is 19.3. The number of hydrogen-bond acceptors (Lipinski definition) is 5. The molecule has 3 aliphatic rings. The fourth-order valence-corrected chi connectivity index (χ4v) is 6.22. The molecule has 1 N–H and O–H groups in total. The number of nitrogens with zero attached hydrogens (tertiary/aromatic N) is 2. The van der Waals surface area contributed by atoms with Gasteiger partial charge in [-0.15, -0.1) is 11.8 Å². The average molecular weight is 478 g/mol. The van der Waals surface area contributed by atoms with Gasteiger partial charge in [-0.25, -0.2) is 0 Å². The SMILES string of the molecule is CCC(C)(CCNCCCSC1=CC2CC=C(Cl)C=C2C=C1)N=C1CN(C)C=C(C)S1. The van der Waals surface area contributed by atoms with Gasteiger partial charge in [-0.05, 0) is 76.1 Å². The first kappa shape index (κ1) is 24.8. The Kier molecular flexibility index (Phi) is 9.45. The van der Waals surface area contributed by atoms with Crippen molar-refractivity contribution < 1.29 is 0 Å². The van der Waals surface area contributed by atoms with Crippen LogP contribution >= 0.6 is 35.1 Å². The molecular formula is C25H36ClN3S2. The molecule has 0 aromatic carbocycles. The molecule has 6 heteroatoms. The van der Waals surface area contributed by atoms with Crippen LogP contribution in [0.1, 0.15) is 46.5 Å². The van der Waals surface area contributed by atoms with Gasteiger partial charge in [-0.2, -0.15) is 0 Å². The van der Waals surface area contributed by atoms with Crippen LogP contribution in [0.4, 0.5) is 0 Å². The molecule has 31 heavy (non-hydrogen) atoms. The second-order valence-electron chi connectivity index (χ2n) is 8.79. The first-order valence-corrected chi connectivity index (χ1v) is 13.5. The number of halogens is 1. The summed E-state index contributed by atoms with van der Waals surface area (Å²) in [5.41, 5.74) is 1.36. The molecule has 1 aliphatic heterocycles. The van der Waals surface area contributed by atoms with Gasteiger partial charge in [-0.1, -0.05) is 48.5 Å². The molecule has 0 saturated carbocycles. The quantitative estimate of drug-likeness (QED) is 0.353. The van der Waals surface area contributed by atoms with Crippen molar-refractivity contribution in [2.45, 2.75) is 52.0 Å². The zero-order valence-corrected chi connectivity index (χ0v) is 21.7. The maximum atomic E-state index is 6.12. The second kappa shape index (κ2) is 11.8. The summed E-state index contributed by atoms with van der Waals surface area (Å²) in [5.74, 6) is 1.65. The number of fused-ring (bicyclic) bond motifs is 1. The highest BCUT2D eigenvalue weighted by Gasteiger charge is 2.23. The molecule has 3 rings (SSSR count). The van der Waals surface area contributed by atoms with Crippen LogP contribution in [0.15, 0.2) is 62.0 Å². The molecular weight excluding hydrogens is 442 g/mol. The summed E-state index contributed by atoms with van der Waals surface area (Å²) in [6, 6.07) is 0. The lowest BCUT2D eigenvalue weighted by molar-refractivity contribution is 0.407. The van der Waals surface area contributed by atoms with Crippen molar-refractivity contribution in [3.63, 3.8) is 0 Å². The van der Waals surface area contributed by atoms with E-state index in [0.717, 1.165) is 49.7 Å². The van der Waals surface area contributed by atoms with Crippen molar-refractivity contribution in [2.75, 3.05) is 32.4 Å². The van der Waals surface area contributed by atoms with Gasteiger partial charge in [0, 0.05) is 34.0 Å². The van der Waals surface area contributed by atoms with Crippen LogP contribution in [0, 0.1) is 5.92 Å². The van der Waals surface area contributed by atoms with Gasteiger partial charge < -0.3 is 10.2 Å². The van der Waals surface area contributed by atoms with Gasteiger partial charge >= 0.3 is 0 Å². The normalized spacial score (nSPS) is 24.2. The minimum atomic E-state index is 0.0167. The summed E-state index contributed by atoms with van der Waals surface area (Å²) in [7, 11) is 2.12. The fourth-order valence-electron chi connectivity index (χ4n) is 3.92. The second-order valence-corrected chi connectivity index (χ2v) is 11.7. The number of thioether (sulfide) groups is 2. The Bertz CT molecular complexity index is 825. The molecule has 0 aromatic heterocycles. The van der Waals surface area contributed by atoms with E-state index in [1.165, 1.54) is 26.8 Å². The maximum absolute atomic E-state index is 6.12. The minimum absolute atomic E-state index is 0.0167. The van der Waals surface area contributed by atoms with Gasteiger partial charge in [0.25, 0.3) is 0 Å². The minimum Gasteiger partial charge on any atom is -0.373 e. The van der Waals surface area contributed by atoms with Gasteiger partial charge in [0.1, 0.15) is 0 Å². The predicted octanol–water partition coefficient (Wildman–Crippen LogP) is 6.72. The largest absolute Gasteiger partial charge is 0.373 e. The van der Waals surface area contributed by atoms with Crippen LogP contribution in [0.3, 0.4) is 0 Å². The fraction of sp³-hybridized carbons (Fsp3) is 0.560. The standard InChI is InChI=1S/C25H36ClN3S2/c1-5-25(3,28-24-18-29(4)17-19(2)31-24)11-13-27-12-6-14-30-23-10-8-20-15-22(26)9-7-21(20)16-23/h8-10,15-17,21,27H,5-7,11-14,18H2,1-4H3. The van der Waals surface area contributed by atoms with E-state index in [1.54, 1.807) is 0 Å². The maximum Gasteiger partial charge on any atom is 0.0921 e. The highest BCUT2D eigenvalue weighted by Crippen LogP contribution is 2.35. The molecule has 3 nitrogen and oxygen atoms in total. The lowest BCUT2D eigenvalue weighted by atomic mass is 9.88. The number of aliphatic imine (C=N–C) groups is 1. The number of nitrogens with one attached hydrogen (secondary N) is 1. The van der Waals surface area contributed by atoms with Gasteiger partial charge in [-0.3, -0.25) is 4.99 Å². The van der Waals surface area contributed by atoms with E-state index in [1.807, 2.05) is 23.5 Å². The Morgan fingerprint density at radius 1 is 1.35 bits per heavy atom. The Morgan fingerprint density at radius 3 is 2.97 bits per heavy atom. The molecule has 0 radical (unpaired) electrons. The Morgan fingerprint density at radius 2 is 2.19 bits per heavy atom. The van der Waals surface area contributed by atoms with Gasteiger partial charge in [0.05, 0.1) is 17.1 Å². The highest BCUT2D eigenvalue weighted by atomic mass is 35.5. The molecule has 0 fully saturated rings. The first-order valence-electron chi connectivity index (χ1n) is 11.3. The highest BCUT2D eigenvalue weighted by molar-refractivity contribution is 8.17. The molecule has 170 valence electrons. The van der Waals surface area contributed by atoms with E-state index >= 15 is 0 Å². The van der Waals surface area contributed by atoms with E-state index in [-0.39, 0.29) is 5.54 Å². The van der Waals surface area contributed by atoms with E-state index in [9.17, 15) is 0 Å². The van der Waals surface area contributed by atoms with Crippen LogP contribution in [0.5, 0.6) is 0 Å². The van der Waals surface area contributed by atoms with Gasteiger partial charge in [0.2, 0.25) is 0 Å². The van der Waals surface area contributed by atoms with Gasteiger partial charge in [0.15, 0.2) is 0 Å². The third-order valence-electron chi connectivity index (χ3n) is 5.93. The molecule has 2 unspecified atom stereocenters. The summed E-state index contributed by atoms with van der Waals surface area (Å²) in [4.78, 5) is 10.1. The molecule has 2 atom stereocenters. The number of allylic oxidation sites excluding steroid dienone is 8. The predicted molar refractivity (Wildman–Crippen MR) is 142 cm³/mol. The van der Waals surface area contributed by atoms with E-state index in [4.69, 9.17) is 16.6 Å². The van der Waals surface area contributed by atoms with Crippen molar-refractivity contribution >= 4 is 40.2 Å². The van der Waals surface area contributed by atoms with Crippen LogP contribution < -0.4 is 5.32 Å². The van der Waals surface area contributed by atoms with Crippen LogP contribution in [-0.4, -0.2) is 47.9 Å². The molecule has 0 amide bonds. The van der Waals surface area contributed by atoms with E-state index in [0.29, 0.717) is 5.92 Å². The molecule has 0 spiro atoms. The lowest BCUT2D eigenvalue weighted by Crippen LogP contribution is -2.32. The summed E-state index contributed by atoms with van der Waals surface area (Å²) >= 11 is 9.91. The summed E-state index contributed by atoms with van der Waals surface area (Å²) in [6.07, 6.45) is 17.6. The smallest absolute Gasteiger partial charge is 0.0921 e. The zero-order chi connectivity index (χ0) is 22.3. The third kappa shape index (κ3) is 7.88. The molecule has 0 aromatic rings. The Hall–Kier alpha value is -0.880. The van der Waals surface area contributed by atoms with Crippen LogP contribution in [0.25, 0.3) is 0 Å². The van der Waals surface area contributed by atoms with Crippen molar-refractivity contribution in [2.24, 2.45) is 10.9 Å². The topological polar surface area (TPSA) is 27.6 Å². The van der Waals surface area contributed by atoms with Crippen LogP contribution in [-0.2, 0) is 0 Å². The number of hydrogen-bond donors (Lipinski definition) is 1. The average Bonchev–Trinajstić information content (AvgIpc) is 2.72. The molecule has 2 aliphatic carbocycles. The summed E-state index contributed by atoms with van der Waals surface area (Å²) in [5, 5.41) is 5.75. The van der Waals surface area contributed by atoms with Crippen molar-refractivity contribution in [1.82, 2.24) is 10.2 Å². The van der Waals surface area contributed by atoms with E-state index < -0.39 is 0 Å². The summed E-state index contributed by atoms with van der Waals surface area (Å²) < 4.78 is 0. The van der Waals surface area contributed by atoms with Crippen molar-refractivity contribution in [1.29, 1.82) is 0 Å². The number of rotatable bonds is 10. The van der Waals surface area contributed by atoms with Crippen molar-refractivity contribution in [3.05, 3.63) is 57.0 Å². The third-order valence-corrected chi connectivity index (χ3v) is 8.18. The Labute approximate surface area is 202 Å². The lowest BCUT2D eigenvalue weighted by Gasteiger charge is -2.28. The monoisotopic (exact) mass is 477 g/mol. The molecule has 0 bridgehead atoms. The molecule has 0 saturated heterocycles. The van der Waals surface area contributed by atoms with Crippen LogP contribution in [0.2, 0.25) is 0 Å². The first-order chi connectivity index (χ1) is 14.9. The van der Waals surface area contributed by atoms with Crippen molar-refractivity contribution in [3.8, 4) is 0 Å². The summed E-state index contributed by atoms with van der Waals surface area (Å²) in [6.45, 7) is 9.72.